The van der Waals surface area contributed by atoms with Crippen LogP contribution in [0, 0.1) is 11.8 Å². The topological polar surface area (TPSA) is 75.4 Å². The highest BCUT2D eigenvalue weighted by atomic mass is 35.5. The molecule has 0 bridgehead atoms. The predicted octanol–water partition coefficient (Wildman–Crippen LogP) is 3.44. The summed E-state index contributed by atoms with van der Waals surface area (Å²) in [6.45, 7) is 0.970. The highest BCUT2D eigenvalue weighted by Gasteiger charge is 2.42. The van der Waals surface area contributed by atoms with Gasteiger partial charge < -0.3 is 16.0 Å². The van der Waals surface area contributed by atoms with Crippen LogP contribution in [0.3, 0.4) is 0 Å². The molecule has 2 fully saturated rings. The van der Waals surface area contributed by atoms with E-state index in [2.05, 4.69) is 5.32 Å². The smallest absolute Gasteiger partial charge is 0.225 e. The molecular weight excluding hydrogens is 398 g/mol. The van der Waals surface area contributed by atoms with Crippen molar-refractivity contribution in [1.82, 2.24) is 10.2 Å². The molecule has 0 spiro atoms. The van der Waals surface area contributed by atoms with E-state index in [0.717, 1.165) is 24.0 Å². The second kappa shape index (κ2) is 10.1. The number of nitrogens with zero attached hydrogens (tertiary/aromatic N) is 1. The third-order valence-electron chi connectivity index (χ3n) is 6.15. The van der Waals surface area contributed by atoms with Crippen LogP contribution in [0.15, 0.2) is 60.7 Å². The molecule has 2 aromatic carbocycles. The Morgan fingerprint density at radius 2 is 1.67 bits per heavy atom. The van der Waals surface area contributed by atoms with Gasteiger partial charge in [0, 0.05) is 25.6 Å². The minimum atomic E-state index is -0.272. The lowest BCUT2D eigenvalue weighted by atomic mass is 9.83. The molecule has 160 valence electrons. The molecule has 1 saturated heterocycles. The van der Waals surface area contributed by atoms with Crippen molar-refractivity contribution in [2.45, 2.75) is 44.3 Å². The number of halogens is 1. The van der Waals surface area contributed by atoms with Gasteiger partial charge in [0.1, 0.15) is 0 Å². The molecule has 30 heavy (non-hydrogen) atoms. The summed E-state index contributed by atoms with van der Waals surface area (Å²) in [6, 6.07) is 19.7. The molecule has 2 amide bonds. The highest BCUT2D eigenvalue weighted by Crippen LogP contribution is 2.39. The van der Waals surface area contributed by atoms with Crippen molar-refractivity contribution >= 4 is 24.2 Å². The number of hydrogen-bond donors (Lipinski definition) is 2. The minimum absolute atomic E-state index is 0. The zero-order valence-electron chi connectivity index (χ0n) is 17.1. The van der Waals surface area contributed by atoms with E-state index >= 15 is 0 Å². The molecule has 6 heteroatoms. The van der Waals surface area contributed by atoms with Gasteiger partial charge in [0.25, 0.3) is 0 Å². The first kappa shape index (κ1) is 22.3. The first-order chi connectivity index (χ1) is 14.2. The third kappa shape index (κ3) is 5.02. The Hall–Kier alpha value is -2.37. The number of benzene rings is 2. The summed E-state index contributed by atoms with van der Waals surface area (Å²) in [5.74, 6) is 0.354. The first-order valence-corrected chi connectivity index (χ1v) is 10.6. The molecular formula is C24H30ClN3O2. The third-order valence-corrected chi connectivity index (χ3v) is 6.15. The van der Waals surface area contributed by atoms with Crippen LogP contribution in [-0.4, -0.2) is 29.3 Å². The van der Waals surface area contributed by atoms with Crippen molar-refractivity contribution in [1.29, 1.82) is 0 Å². The molecule has 4 rings (SSSR count). The fourth-order valence-corrected chi connectivity index (χ4v) is 4.41. The van der Waals surface area contributed by atoms with Gasteiger partial charge in [-0.3, -0.25) is 9.59 Å². The van der Waals surface area contributed by atoms with Crippen LogP contribution >= 0.6 is 12.4 Å². The van der Waals surface area contributed by atoms with Crippen LogP contribution in [0.4, 0.5) is 0 Å². The van der Waals surface area contributed by atoms with E-state index in [0.29, 0.717) is 31.8 Å². The number of nitrogens with one attached hydrogen (secondary N) is 1. The molecule has 1 heterocycles. The van der Waals surface area contributed by atoms with Gasteiger partial charge >= 0.3 is 0 Å². The SMILES string of the molecule is Cl.NCC(NC(=O)C1CCC(=O)N(Cc2ccccc2)C1c1ccccc1)C1CC1. The normalized spacial score (nSPS) is 22.2. The quantitative estimate of drug-likeness (QED) is 0.710. The number of rotatable bonds is 7. The molecule has 5 nitrogen and oxygen atoms in total. The highest BCUT2D eigenvalue weighted by molar-refractivity contribution is 5.85. The van der Waals surface area contributed by atoms with E-state index in [-0.39, 0.29) is 42.2 Å². The van der Waals surface area contributed by atoms with Crippen molar-refractivity contribution in [2.24, 2.45) is 17.6 Å². The average Bonchev–Trinajstić information content (AvgIpc) is 3.60. The largest absolute Gasteiger partial charge is 0.352 e. The van der Waals surface area contributed by atoms with Crippen molar-refractivity contribution < 1.29 is 9.59 Å². The summed E-state index contributed by atoms with van der Waals surface area (Å²) in [4.78, 5) is 28.1. The van der Waals surface area contributed by atoms with Crippen LogP contribution < -0.4 is 11.1 Å². The standard InChI is InChI=1S/C24H29N3O2.ClH/c25-15-21(18-11-12-18)26-24(29)20-13-14-22(28)27(16-17-7-3-1-4-8-17)23(20)19-9-5-2-6-10-19;/h1-10,18,20-21,23H,11-16,25H2,(H,26,29);1H. The Balaban J connectivity index is 0.00000256. The molecule has 1 aliphatic carbocycles. The summed E-state index contributed by atoms with van der Waals surface area (Å²) in [7, 11) is 0. The summed E-state index contributed by atoms with van der Waals surface area (Å²) in [5.41, 5.74) is 7.99. The monoisotopic (exact) mass is 427 g/mol. The predicted molar refractivity (Wildman–Crippen MR) is 120 cm³/mol. The second-order valence-corrected chi connectivity index (χ2v) is 8.20. The number of hydrogen-bond acceptors (Lipinski definition) is 3. The van der Waals surface area contributed by atoms with Gasteiger partial charge in [-0.1, -0.05) is 60.7 Å². The lowest BCUT2D eigenvalue weighted by molar-refractivity contribution is -0.144. The Kier molecular flexibility index (Phi) is 7.51. The summed E-state index contributed by atoms with van der Waals surface area (Å²) in [5, 5.41) is 3.20. The molecule has 0 radical (unpaired) electrons. The minimum Gasteiger partial charge on any atom is -0.352 e. The lowest BCUT2D eigenvalue weighted by Crippen LogP contribution is -2.51. The van der Waals surface area contributed by atoms with Gasteiger partial charge in [0.15, 0.2) is 0 Å². The number of likely N-dealkylation sites (tertiary alicyclic amines) is 1. The maximum Gasteiger partial charge on any atom is 0.225 e. The molecule has 1 saturated carbocycles. The van der Waals surface area contributed by atoms with E-state index in [1.807, 2.05) is 65.6 Å². The number of amides is 2. The Labute approximate surface area is 184 Å². The van der Waals surface area contributed by atoms with Crippen LogP contribution in [-0.2, 0) is 16.1 Å². The summed E-state index contributed by atoms with van der Waals surface area (Å²) in [6.07, 6.45) is 3.23. The lowest BCUT2D eigenvalue weighted by Gasteiger charge is -2.41. The van der Waals surface area contributed by atoms with Crippen molar-refractivity contribution in [2.75, 3.05) is 6.54 Å². The maximum absolute atomic E-state index is 13.3. The molecule has 0 aromatic heterocycles. The zero-order valence-corrected chi connectivity index (χ0v) is 17.9. The Morgan fingerprint density at radius 1 is 1.03 bits per heavy atom. The number of nitrogens with two attached hydrogens (primary N) is 1. The fourth-order valence-electron chi connectivity index (χ4n) is 4.41. The van der Waals surface area contributed by atoms with Gasteiger partial charge in [-0.05, 0) is 36.3 Å². The Morgan fingerprint density at radius 3 is 2.27 bits per heavy atom. The molecule has 3 unspecified atom stereocenters. The van der Waals surface area contributed by atoms with Crippen LogP contribution in [0.2, 0.25) is 0 Å². The van der Waals surface area contributed by atoms with E-state index in [1.54, 1.807) is 0 Å². The van der Waals surface area contributed by atoms with E-state index in [9.17, 15) is 9.59 Å². The van der Waals surface area contributed by atoms with E-state index in [1.165, 1.54) is 0 Å². The van der Waals surface area contributed by atoms with Crippen LogP contribution in [0.1, 0.15) is 42.9 Å². The van der Waals surface area contributed by atoms with Crippen molar-refractivity contribution in [3.8, 4) is 0 Å². The fraction of sp³-hybridized carbons (Fsp3) is 0.417. The van der Waals surface area contributed by atoms with Gasteiger partial charge in [0.05, 0.1) is 12.0 Å². The molecule has 3 atom stereocenters. The van der Waals surface area contributed by atoms with Crippen LogP contribution in [0.5, 0.6) is 0 Å². The van der Waals surface area contributed by atoms with Gasteiger partial charge in [-0.2, -0.15) is 0 Å². The molecule has 2 aromatic rings. The zero-order chi connectivity index (χ0) is 20.2. The molecule has 3 N–H and O–H groups in total. The number of piperidine rings is 1. The van der Waals surface area contributed by atoms with E-state index < -0.39 is 0 Å². The average molecular weight is 428 g/mol. The summed E-state index contributed by atoms with van der Waals surface area (Å²) >= 11 is 0. The van der Waals surface area contributed by atoms with E-state index in [4.69, 9.17) is 5.73 Å². The molecule has 2 aliphatic rings. The maximum atomic E-state index is 13.3. The molecule has 1 aliphatic heterocycles. The van der Waals surface area contributed by atoms with Gasteiger partial charge in [-0.15, -0.1) is 12.4 Å². The van der Waals surface area contributed by atoms with Gasteiger partial charge in [-0.25, -0.2) is 0 Å². The number of carbonyl (C=O) groups excluding carboxylic acids is 2. The number of carbonyl (C=O) groups is 2. The first-order valence-electron chi connectivity index (χ1n) is 10.6. The second-order valence-electron chi connectivity index (χ2n) is 8.20. The Bertz CT molecular complexity index is 842. The summed E-state index contributed by atoms with van der Waals surface area (Å²) < 4.78 is 0. The van der Waals surface area contributed by atoms with Crippen molar-refractivity contribution in [3.63, 3.8) is 0 Å². The van der Waals surface area contributed by atoms with Gasteiger partial charge in [0.2, 0.25) is 11.8 Å². The van der Waals surface area contributed by atoms with Crippen molar-refractivity contribution in [3.05, 3.63) is 71.8 Å². The van der Waals surface area contributed by atoms with Crippen LogP contribution in [0.25, 0.3) is 0 Å².